The molecule has 1 aliphatic carbocycles. The Morgan fingerprint density at radius 2 is 1.91 bits per heavy atom. The van der Waals surface area contributed by atoms with E-state index in [4.69, 9.17) is 49.1 Å². The molecule has 4 bridgehead atoms. The van der Waals surface area contributed by atoms with E-state index in [0.717, 1.165) is 64.9 Å². The van der Waals surface area contributed by atoms with Crippen LogP contribution in [0.5, 0.6) is 11.8 Å². The summed E-state index contributed by atoms with van der Waals surface area (Å²) >= 11 is 13.4. The van der Waals surface area contributed by atoms with E-state index in [1.54, 1.807) is 24.3 Å². The van der Waals surface area contributed by atoms with Gasteiger partial charge in [-0.05, 0) is 67.3 Å². The number of fused-ring (bicyclic) bond motifs is 6. The number of phenolic OH excluding ortho intramolecular Hbond substituents is 1. The van der Waals surface area contributed by atoms with Crippen LogP contribution in [0, 0.1) is 23.6 Å². The standard InChI is InChI=1S/C36H34Cl2FN5O3/c1-2-25-28(37)6-3-19-9-23(45)11-26(30(19)25)31-29(38)12-27-33(32(31)39)41-35(42-34(27)43-13-20-4-5-21(14-43)40-20)47-18-36(7-8-36)17-44-15-24-10-22(44)16-46-24/h1,3,6,9,11-12,20-22,24,40,45H,4-5,7-8,10,13-18H2/t20?,21?,22-,24-/m1/s1. The molecule has 0 radical (unpaired) electrons. The highest BCUT2D eigenvalue weighted by Gasteiger charge is 2.49. The largest absolute Gasteiger partial charge is 0.508 e. The molecule has 4 aliphatic heterocycles. The molecular weight excluding hydrogens is 640 g/mol. The van der Waals surface area contributed by atoms with E-state index in [-0.39, 0.29) is 33.3 Å². The molecule has 3 aromatic carbocycles. The summed E-state index contributed by atoms with van der Waals surface area (Å²) in [7, 11) is 0. The number of halogens is 3. The molecule has 11 heteroatoms. The lowest BCUT2D eigenvalue weighted by molar-refractivity contribution is 0.0176. The number of anilines is 1. The van der Waals surface area contributed by atoms with Crippen molar-refractivity contribution < 1.29 is 19.0 Å². The third-order valence-electron chi connectivity index (χ3n) is 10.8. The van der Waals surface area contributed by atoms with Gasteiger partial charge in [0.25, 0.3) is 0 Å². The smallest absolute Gasteiger partial charge is 0.319 e. The minimum atomic E-state index is -0.636. The quantitative estimate of drug-likeness (QED) is 0.226. The number of aromatic nitrogens is 2. The summed E-state index contributed by atoms with van der Waals surface area (Å²) in [4.78, 5) is 14.4. The molecule has 1 aromatic heterocycles. The van der Waals surface area contributed by atoms with Crippen molar-refractivity contribution in [3.63, 3.8) is 0 Å². The number of morpholine rings is 1. The molecule has 1 saturated carbocycles. The number of terminal acetylenes is 1. The van der Waals surface area contributed by atoms with Gasteiger partial charge < -0.3 is 24.8 Å². The fraction of sp³-hybridized carbons (Fsp3) is 0.444. The van der Waals surface area contributed by atoms with Gasteiger partial charge in [-0.1, -0.05) is 35.2 Å². The number of ether oxygens (including phenoxy) is 2. The lowest BCUT2D eigenvalue weighted by atomic mass is 9.93. The maximum absolute atomic E-state index is 17.1. The number of rotatable bonds is 7. The van der Waals surface area contributed by atoms with Crippen LogP contribution in [0.15, 0.2) is 30.3 Å². The van der Waals surface area contributed by atoms with Crippen LogP contribution in [0.4, 0.5) is 10.2 Å². The first-order valence-electron chi connectivity index (χ1n) is 16.4. The second kappa shape index (κ2) is 11.1. The maximum atomic E-state index is 17.1. The van der Waals surface area contributed by atoms with Crippen LogP contribution < -0.4 is 15.0 Å². The lowest BCUT2D eigenvalue weighted by Gasteiger charge is -2.34. The minimum Gasteiger partial charge on any atom is -0.508 e. The third kappa shape index (κ3) is 5.08. The number of benzene rings is 3. The molecule has 2 unspecified atom stereocenters. The first-order chi connectivity index (χ1) is 22.8. The molecule has 4 saturated heterocycles. The van der Waals surface area contributed by atoms with Crippen molar-refractivity contribution >= 4 is 50.7 Å². The van der Waals surface area contributed by atoms with Gasteiger partial charge in [-0.25, -0.2) is 4.39 Å². The minimum absolute atomic E-state index is 0.0339. The fourth-order valence-electron chi connectivity index (χ4n) is 8.29. The highest BCUT2D eigenvalue weighted by atomic mass is 35.5. The van der Waals surface area contributed by atoms with Crippen LogP contribution in [0.3, 0.4) is 0 Å². The van der Waals surface area contributed by atoms with E-state index in [1.165, 1.54) is 6.07 Å². The predicted molar refractivity (Wildman–Crippen MR) is 181 cm³/mol. The number of nitrogens with one attached hydrogen (secondary N) is 1. The van der Waals surface area contributed by atoms with E-state index < -0.39 is 5.82 Å². The SMILES string of the molecule is C#Cc1c(Cl)ccc2cc(O)cc(-c3c(Cl)cc4c(N5CC6CCC(C5)N6)nc(OCC5(CN6C[C@H]7C[C@@H]6CO7)CC5)nc4c3F)c12. The van der Waals surface area contributed by atoms with Crippen LogP contribution in [0.2, 0.25) is 10.0 Å². The van der Waals surface area contributed by atoms with Gasteiger partial charge in [0, 0.05) is 66.1 Å². The first kappa shape index (κ1) is 29.7. The molecule has 9 rings (SSSR count). The van der Waals surface area contributed by atoms with Crippen molar-refractivity contribution in [2.75, 3.05) is 44.3 Å². The number of aromatic hydroxyl groups is 1. The van der Waals surface area contributed by atoms with Crippen LogP contribution in [0.1, 0.15) is 37.7 Å². The summed E-state index contributed by atoms with van der Waals surface area (Å²) in [5.74, 6) is 2.57. The van der Waals surface area contributed by atoms with E-state index >= 15 is 4.39 Å². The zero-order valence-electron chi connectivity index (χ0n) is 25.7. The highest BCUT2D eigenvalue weighted by molar-refractivity contribution is 6.36. The zero-order chi connectivity index (χ0) is 32.0. The zero-order valence-corrected chi connectivity index (χ0v) is 27.2. The van der Waals surface area contributed by atoms with Gasteiger partial charge in [0.15, 0.2) is 5.82 Å². The molecule has 4 atom stereocenters. The van der Waals surface area contributed by atoms with Gasteiger partial charge in [-0.2, -0.15) is 9.97 Å². The van der Waals surface area contributed by atoms with Crippen molar-refractivity contribution in [2.24, 2.45) is 5.41 Å². The first-order valence-corrected chi connectivity index (χ1v) is 17.1. The monoisotopic (exact) mass is 673 g/mol. The van der Waals surface area contributed by atoms with Gasteiger partial charge in [0.2, 0.25) is 0 Å². The van der Waals surface area contributed by atoms with Crippen molar-refractivity contribution in [3.8, 4) is 35.2 Å². The predicted octanol–water partition coefficient (Wildman–Crippen LogP) is 6.16. The Kier molecular flexibility index (Phi) is 7.01. The summed E-state index contributed by atoms with van der Waals surface area (Å²) in [6, 6.07) is 9.48. The third-order valence-corrected chi connectivity index (χ3v) is 11.5. The molecule has 5 heterocycles. The average Bonchev–Trinajstić information content (AvgIpc) is 3.32. The van der Waals surface area contributed by atoms with E-state index in [1.807, 2.05) is 0 Å². The lowest BCUT2D eigenvalue weighted by Crippen LogP contribution is -2.51. The van der Waals surface area contributed by atoms with Crippen LogP contribution in [-0.4, -0.2) is 83.6 Å². The second-order valence-electron chi connectivity index (χ2n) is 14.0. The number of phenols is 1. The van der Waals surface area contributed by atoms with Gasteiger partial charge in [-0.15, -0.1) is 6.42 Å². The molecule has 47 heavy (non-hydrogen) atoms. The van der Waals surface area contributed by atoms with Crippen molar-refractivity contribution in [3.05, 3.63) is 51.8 Å². The van der Waals surface area contributed by atoms with Gasteiger partial charge in [0.05, 0.1) is 34.9 Å². The Balaban J connectivity index is 1.15. The summed E-state index contributed by atoms with van der Waals surface area (Å²) < 4.78 is 29.3. The second-order valence-corrected chi connectivity index (χ2v) is 14.9. The molecule has 8 nitrogen and oxygen atoms in total. The molecular formula is C36H34Cl2FN5O3. The van der Waals surface area contributed by atoms with Gasteiger partial charge >= 0.3 is 6.01 Å². The van der Waals surface area contributed by atoms with Crippen molar-refractivity contribution in [1.29, 1.82) is 0 Å². The Morgan fingerprint density at radius 3 is 2.62 bits per heavy atom. The molecule has 4 aromatic rings. The van der Waals surface area contributed by atoms with Crippen molar-refractivity contribution in [2.45, 2.75) is 56.3 Å². The van der Waals surface area contributed by atoms with Crippen LogP contribution >= 0.6 is 23.2 Å². The topological polar surface area (TPSA) is 83.0 Å². The molecule has 5 aliphatic rings. The molecule has 0 spiro atoms. The highest BCUT2D eigenvalue weighted by Crippen LogP contribution is 2.49. The summed E-state index contributed by atoms with van der Waals surface area (Å²) in [5.41, 5.74) is 0.954. The summed E-state index contributed by atoms with van der Waals surface area (Å²) in [6.45, 7) is 4.68. The van der Waals surface area contributed by atoms with E-state index in [2.05, 4.69) is 21.0 Å². The Morgan fingerprint density at radius 1 is 1.11 bits per heavy atom. The van der Waals surface area contributed by atoms with Crippen LogP contribution in [-0.2, 0) is 4.74 Å². The number of hydrogen-bond donors (Lipinski definition) is 2. The molecule has 0 amide bonds. The maximum Gasteiger partial charge on any atom is 0.319 e. The Hall–Kier alpha value is -3.39. The van der Waals surface area contributed by atoms with Gasteiger partial charge in [0.1, 0.15) is 17.1 Å². The Labute approximate surface area is 282 Å². The van der Waals surface area contributed by atoms with E-state index in [0.29, 0.717) is 69.0 Å². The number of nitrogens with zero attached hydrogens (tertiary/aromatic N) is 4. The van der Waals surface area contributed by atoms with E-state index in [9.17, 15) is 5.11 Å². The van der Waals surface area contributed by atoms with Crippen molar-refractivity contribution in [1.82, 2.24) is 20.2 Å². The molecule has 5 fully saturated rings. The molecule has 2 N–H and O–H groups in total. The number of hydrogen-bond acceptors (Lipinski definition) is 8. The van der Waals surface area contributed by atoms with Crippen LogP contribution in [0.25, 0.3) is 32.8 Å². The molecule has 242 valence electrons. The summed E-state index contributed by atoms with van der Waals surface area (Å²) in [6.07, 6.45) is 11.6. The van der Waals surface area contributed by atoms with Gasteiger partial charge in [-0.3, -0.25) is 4.90 Å². The fourth-order valence-corrected chi connectivity index (χ4v) is 8.80. The normalized spacial score (nSPS) is 26.0. The Bertz CT molecular complexity index is 1990. The number of likely N-dealkylation sites (tertiary alicyclic amines) is 1. The number of piperazine rings is 1. The average molecular weight is 675 g/mol. The summed E-state index contributed by atoms with van der Waals surface area (Å²) in [5, 5.41) is 16.5.